The quantitative estimate of drug-likeness (QED) is 0.287. The number of imidazole rings is 1. The molecule has 3 aromatic carbocycles. The Balaban J connectivity index is 0.00000324. The van der Waals surface area contributed by atoms with Gasteiger partial charge in [0.1, 0.15) is 23.7 Å². The molecule has 0 saturated carbocycles. The van der Waals surface area contributed by atoms with Gasteiger partial charge < -0.3 is 9.72 Å². The predicted octanol–water partition coefficient (Wildman–Crippen LogP) is 8.85. The Kier molecular flexibility index (Phi) is 7.46. The van der Waals surface area contributed by atoms with Crippen molar-refractivity contribution in [1.82, 2.24) is 9.97 Å². The number of benzene rings is 3. The van der Waals surface area contributed by atoms with Crippen molar-refractivity contribution < 1.29 is 17.9 Å². The Morgan fingerprint density at radius 3 is 2.32 bits per heavy atom. The van der Waals surface area contributed by atoms with Gasteiger partial charge in [-0.25, -0.2) is 4.98 Å². The highest BCUT2D eigenvalue weighted by Gasteiger charge is 2.33. The molecule has 0 bridgehead atoms. The van der Waals surface area contributed by atoms with Crippen LogP contribution >= 0.6 is 35.6 Å². The number of nitrogens with zero attached hydrogens (tertiary/aromatic N) is 1. The number of hydrogen-bond donors (Lipinski definition) is 1. The molecular formula is C25H22Cl3F3N2O. The number of ether oxygens (including phenoxy) is 1. The molecule has 9 heteroatoms. The standard InChI is InChI=1S/C25H21Cl2F3N2O.ClH/c1-24(2,3)16-11-19(27)22-20(12-16)31-23(32-22)14-8-9-18(26)21(10-14)33-13-15-6-4-5-7-17(15)25(28,29)30;/h4-12H,13H2,1-3H3,(H,31,32);1H. The molecule has 0 saturated heterocycles. The molecule has 180 valence electrons. The number of halogens is 6. The van der Waals surface area contributed by atoms with Crippen LogP contribution in [0.4, 0.5) is 13.2 Å². The third-order valence-electron chi connectivity index (χ3n) is 5.32. The number of hydrogen-bond acceptors (Lipinski definition) is 2. The minimum Gasteiger partial charge on any atom is -0.487 e. The Labute approximate surface area is 211 Å². The maximum atomic E-state index is 13.3. The van der Waals surface area contributed by atoms with E-state index >= 15 is 0 Å². The smallest absolute Gasteiger partial charge is 0.416 e. The predicted molar refractivity (Wildman–Crippen MR) is 133 cm³/mol. The van der Waals surface area contributed by atoms with Gasteiger partial charge in [0.25, 0.3) is 0 Å². The molecule has 34 heavy (non-hydrogen) atoms. The second kappa shape index (κ2) is 9.68. The van der Waals surface area contributed by atoms with Crippen LogP contribution in [0.1, 0.15) is 37.5 Å². The molecule has 4 aromatic rings. The molecule has 1 N–H and O–H groups in total. The molecule has 0 atom stereocenters. The van der Waals surface area contributed by atoms with Crippen molar-refractivity contribution in [2.24, 2.45) is 0 Å². The van der Waals surface area contributed by atoms with Crippen LogP contribution in [0.25, 0.3) is 22.4 Å². The Bertz CT molecular complexity index is 1330. The molecule has 0 aliphatic rings. The summed E-state index contributed by atoms with van der Waals surface area (Å²) < 4.78 is 45.5. The molecule has 0 unspecified atom stereocenters. The zero-order chi connectivity index (χ0) is 24.0. The lowest BCUT2D eigenvalue weighted by atomic mass is 9.87. The molecular weight excluding hydrogens is 508 g/mol. The molecule has 0 spiro atoms. The van der Waals surface area contributed by atoms with Crippen LogP contribution in [-0.4, -0.2) is 9.97 Å². The van der Waals surface area contributed by atoms with Crippen LogP contribution in [0.15, 0.2) is 54.6 Å². The summed E-state index contributed by atoms with van der Waals surface area (Å²) in [4.78, 5) is 7.88. The topological polar surface area (TPSA) is 37.9 Å². The maximum Gasteiger partial charge on any atom is 0.416 e. The SMILES string of the molecule is CC(C)(C)c1cc(Cl)c2nc(-c3ccc(Cl)c(OCc4ccccc4C(F)(F)F)c3)[nH]c2c1.Cl. The van der Waals surface area contributed by atoms with E-state index in [9.17, 15) is 13.2 Å². The molecule has 4 rings (SSSR count). The summed E-state index contributed by atoms with van der Waals surface area (Å²) in [6.45, 7) is 6.02. The normalized spacial score (nSPS) is 12.0. The summed E-state index contributed by atoms with van der Waals surface area (Å²) in [6.07, 6.45) is -4.47. The Hall–Kier alpha value is -2.41. The van der Waals surface area contributed by atoms with E-state index < -0.39 is 11.7 Å². The first kappa shape index (κ1) is 26.2. The van der Waals surface area contributed by atoms with Crippen molar-refractivity contribution in [2.45, 2.75) is 39.0 Å². The van der Waals surface area contributed by atoms with Crippen molar-refractivity contribution in [2.75, 3.05) is 0 Å². The van der Waals surface area contributed by atoms with Gasteiger partial charge in [0.05, 0.1) is 21.1 Å². The summed E-state index contributed by atoms with van der Waals surface area (Å²) in [5.41, 5.74) is 2.37. The average molecular weight is 530 g/mol. The van der Waals surface area contributed by atoms with Crippen LogP contribution in [0.5, 0.6) is 5.75 Å². The molecule has 0 aliphatic heterocycles. The first-order valence-corrected chi connectivity index (χ1v) is 11.0. The highest BCUT2D eigenvalue weighted by Crippen LogP contribution is 2.36. The van der Waals surface area contributed by atoms with E-state index in [2.05, 4.69) is 30.7 Å². The lowest BCUT2D eigenvalue weighted by Gasteiger charge is -2.19. The van der Waals surface area contributed by atoms with Crippen molar-refractivity contribution in [3.63, 3.8) is 0 Å². The minimum absolute atomic E-state index is 0. The first-order valence-electron chi connectivity index (χ1n) is 10.2. The lowest BCUT2D eigenvalue weighted by molar-refractivity contribution is -0.138. The summed E-state index contributed by atoms with van der Waals surface area (Å²) in [6, 6.07) is 14.2. The summed E-state index contributed by atoms with van der Waals surface area (Å²) in [7, 11) is 0. The van der Waals surface area contributed by atoms with E-state index in [1.54, 1.807) is 18.2 Å². The lowest BCUT2D eigenvalue weighted by Crippen LogP contribution is -2.10. The third kappa shape index (κ3) is 5.45. The molecule has 3 nitrogen and oxygen atoms in total. The molecule has 1 heterocycles. The van der Waals surface area contributed by atoms with E-state index in [0.29, 0.717) is 21.9 Å². The third-order valence-corrected chi connectivity index (χ3v) is 5.92. The van der Waals surface area contributed by atoms with Gasteiger partial charge >= 0.3 is 6.18 Å². The zero-order valence-electron chi connectivity index (χ0n) is 18.6. The number of H-pyrrole nitrogens is 1. The van der Waals surface area contributed by atoms with E-state index in [4.69, 9.17) is 27.9 Å². The summed E-state index contributed by atoms with van der Waals surface area (Å²) in [5, 5.41) is 0.821. The van der Waals surface area contributed by atoms with E-state index in [-0.39, 0.29) is 40.8 Å². The van der Waals surface area contributed by atoms with Gasteiger partial charge in [0.15, 0.2) is 0 Å². The molecule has 0 fully saturated rings. The van der Waals surface area contributed by atoms with Crippen molar-refractivity contribution in [1.29, 1.82) is 0 Å². The first-order chi connectivity index (χ1) is 15.4. The van der Waals surface area contributed by atoms with Crippen LogP contribution < -0.4 is 4.74 Å². The number of aromatic nitrogens is 2. The minimum atomic E-state index is -4.47. The van der Waals surface area contributed by atoms with Crippen LogP contribution in [0.3, 0.4) is 0 Å². The van der Waals surface area contributed by atoms with Gasteiger partial charge in [-0.3, -0.25) is 0 Å². The van der Waals surface area contributed by atoms with Crippen LogP contribution in [0.2, 0.25) is 10.0 Å². The van der Waals surface area contributed by atoms with Crippen LogP contribution in [0, 0.1) is 0 Å². The summed E-state index contributed by atoms with van der Waals surface area (Å²) >= 11 is 12.7. The summed E-state index contributed by atoms with van der Waals surface area (Å²) in [5.74, 6) is 0.809. The monoisotopic (exact) mass is 528 g/mol. The van der Waals surface area contributed by atoms with Crippen molar-refractivity contribution in [3.05, 3.63) is 81.3 Å². The second-order valence-electron chi connectivity index (χ2n) is 8.78. The Morgan fingerprint density at radius 2 is 1.65 bits per heavy atom. The molecule has 0 amide bonds. The fourth-order valence-corrected chi connectivity index (χ4v) is 3.92. The Morgan fingerprint density at radius 1 is 0.941 bits per heavy atom. The average Bonchev–Trinajstić information content (AvgIpc) is 3.17. The highest BCUT2D eigenvalue weighted by atomic mass is 35.5. The van der Waals surface area contributed by atoms with Gasteiger partial charge in [-0.2, -0.15) is 13.2 Å². The zero-order valence-corrected chi connectivity index (χ0v) is 20.9. The number of nitrogens with one attached hydrogen (secondary N) is 1. The molecule has 0 radical (unpaired) electrons. The largest absolute Gasteiger partial charge is 0.487 e. The highest BCUT2D eigenvalue weighted by molar-refractivity contribution is 6.35. The number of rotatable bonds is 4. The van der Waals surface area contributed by atoms with Crippen LogP contribution in [-0.2, 0) is 18.2 Å². The van der Waals surface area contributed by atoms with Gasteiger partial charge in [0.2, 0.25) is 0 Å². The van der Waals surface area contributed by atoms with Gasteiger partial charge in [0, 0.05) is 11.1 Å². The van der Waals surface area contributed by atoms with Crippen molar-refractivity contribution in [3.8, 4) is 17.1 Å². The van der Waals surface area contributed by atoms with Gasteiger partial charge in [-0.05, 0) is 47.4 Å². The van der Waals surface area contributed by atoms with E-state index in [0.717, 1.165) is 17.1 Å². The fourth-order valence-electron chi connectivity index (χ4n) is 3.48. The van der Waals surface area contributed by atoms with Gasteiger partial charge in [-0.15, -0.1) is 12.4 Å². The fraction of sp³-hybridized carbons (Fsp3) is 0.240. The second-order valence-corrected chi connectivity index (χ2v) is 9.59. The molecule has 1 aromatic heterocycles. The molecule has 0 aliphatic carbocycles. The van der Waals surface area contributed by atoms with Crippen molar-refractivity contribution >= 4 is 46.6 Å². The number of alkyl halides is 3. The van der Waals surface area contributed by atoms with E-state index in [1.807, 2.05) is 12.1 Å². The maximum absolute atomic E-state index is 13.3. The number of aromatic amines is 1. The van der Waals surface area contributed by atoms with E-state index in [1.165, 1.54) is 18.2 Å². The van der Waals surface area contributed by atoms with Gasteiger partial charge in [-0.1, -0.05) is 62.2 Å². The number of fused-ring (bicyclic) bond motifs is 1.